The Morgan fingerprint density at radius 1 is 1.27 bits per heavy atom. The second-order valence-corrected chi connectivity index (χ2v) is 6.42. The lowest BCUT2D eigenvalue weighted by molar-refractivity contribution is -0.137. The molecule has 0 radical (unpaired) electrons. The van der Waals surface area contributed by atoms with Crippen molar-refractivity contribution in [2.24, 2.45) is 0 Å². The van der Waals surface area contributed by atoms with Crippen LogP contribution in [0.1, 0.15) is 6.42 Å². The first-order chi connectivity index (χ1) is 12.6. The van der Waals surface area contributed by atoms with Crippen molar-refractivity contribution in [2.45, 2.75) is 13.0 Å². The summed E-state index contributed by atoms with van der Waals surface area (Å²) < 4.78 is 6.79. The maximum absolute atomic E-state index is 13.2. The van der Waals surface area contributed by atoms with E-state index in [0.29, 0.717) is 33.1 Å². The first kappa shape index (κ1) is 16.2. The fourth-order valence-corrected chi connectivity index (χ4v) is 3.66. The van der Waals surface area contributed by atoms with E-state index in [4.69, 9.17) is 9.52 Å². The normalized spacial score (nSPS) is 11.1. The minimum Gasteiger partial charge on any atom is -0.481 e. The summed E-state index contributed by atoms with van der Waals surface area (Å²) in [6, 6.07) is 8.82. The molecule has 4 heterocycles. The van der Waals surface area contributed by atoms with E-state index in [1.165, 1.54) is 22.2 Å². The number of rotatable bonds is 5. The van der Waals surface area contributed by atoms with Gasteiger partial charge in [-0.05, 0) is 24.3 Å². The highest BCUT2D eigenvalue weighted by Crippen LogP contribution is 2.32. The number of thiophene rings is 1. The Bertz CT molecular complexity index is 1130. The lowest BCUT2D eigenvalue weighted by atomic mass is 10.2. The van der Waals surface area contributed by atoms with Gasteiger partial charge in [-0.15, -0.1) is 11.3 Å². The molecular formula is C18H13N3O4S. The van der Waals surface area contributed by atoms with Crippen LogP contribution in [0.15, 0.2) is 57.4 Å². The second kappa shape index (κ2) is 6.57. The molecule has 0 atom stereocenters. The van der Waals surface area contributed by atoms with Gasteiger partial charge in [0.2, 0.25) is 0 Å². The van der Waals surface area contributed by atoms with Crippen LogP contribution in [0.3, 0.4) is 0 Å². The molecule has 4 aromatic rings. The molecule has 0 bridgehead atoms. The minimum atomic E-state index is -0.986. The molecule has 0 saturated heterocycles. The molecule has 0 spiro atoms. The summed E-state index contributed by atoms with van der Waals surface area (Å²) in [5.74, 6) is -0.0525. The largest absolute Gasteiger partial charge is 0.481 e. The Morgan fingerprint density at radius 3 is 2.85 bits per heavy atom. The van der Waals surface area contributed by atoms with E-state index in [2.05, 4.69) is 9.97 Å². The number of aromatic nitrogens is 3. The zero-order valence-corrected chi connectivity index (χ0v) is 14.3. The SMILES string of the molecule is O=C(O)CCn1c(-c2ccccn2)nc2scc(-c3ccco3)c2c1=O. The lowest BCUT2D eigenvalue weighted by Gasteiger charge is -2.11. The van der Waals surface area contributed by atoms with Crippen LogP contribution in [0, 0.1) is 0 Å². The molecule has 0 saturated carbocycles. The van der Waals surface area contributed by atoms with Gasteiger partial charge in [-0.25, -0.2) is 4.98 Å². The van der Waals surface area contributed by atoms with Crippen molar-refractivity contribution >= 4 is 27.5 Å². The van der Waals surface area contributed by atoms with Gasteiger partial charge < -0.3 is 9.52 Å². The molecule has 4 aromatic heterocycles. The maximum Gasteiger partial charge on any atom is 0.305 e. The Labute approximate surface area is 151 Å². The monoisotopic (exact) mass is 367 g/mol. The van der Waals surface area contributed by atoms with E-state index in [9.17, 15) is 9.59 Å². The predicted octanol–water partition coefficient (Wildman–Crippen LogP) is 3.25. The molecule has 0 aliphatic heterocycles. The van der Waals surface area contributed by atoms with E-state index in [1.807, 2.05) is 5.38 Å². The Kier molecular flexibility index (Phi) is 4.10. The van der Waals surface area contributed by atoms with Crippen molar-refractivity contribution < 1.29 is 14.3 Å². The number of carbonyl (C=O) groups is 1. The number of aliphatic carboxylic acids is 1. The van der Waals surface area contributed by atoms with Gasteiger partial charge in [0, 0.05) is 23.7 Å². The van der Waals surface area contributed by atoms with Crippen molar-refractivity contribution in [2.75, 3.05) is 0 Å². The number of nitrogens with zero attached hydrogens (tertiary/aromatic N) is 3. The van der Waals surface area contributed by atoms with Gasteiger partial charge in [-0.3, -0.25) is 19.1 Å². The van der Waals surface area contributed by atoms with Crippen LogP contribution in [-0.4, -0.2) is 25.6 Å². The van der Waals surface area contributed by atoms with Gasteiger partial charge >= 0.3 is 5.97 Å². The van der Waals surface area contributed by atoms with Crippen molar-refractivity contribution in [3.05, 3.63) is 58.5 Å². The minimum absolute atomic E-state index is 0.0104. The predicted molar refractivity (Wildman–Crippen MR) is 97.1 cm³/mol. The molecule has 130 valence electrons. The van der Waals surface area contributed by atoms with Crippen molar-refractivity contribution in [3.8, 4) is 22.8 Å². The standard InChI is InChI=1S/C18H13N3O4S/c22-14(23)6-8-21-16(12-4-1-2-7-19-12)20-17-15(18(21)24)11(10-26-17)13-5-3-9-25-13/h1-5,7,9-10H,6,8H2,(H,22,23). The number of hydrogen-bond donors (Lipinski definition) is 1. The third-order valence-electron chi connectivity index (χ3n) is 3.92. The van der Waals surface area contributed by atoms with Gasteiger partial charge in [0.15, 0.2) is 5.82 Å². The number of carboxylic acids is 1. The molecule has 0 fully saturated rings. The summed E-state index contributed by atoms with van der Waals surface area (Å²) in [4.78, 5) is 33.6. The van der Waals surface area contributed by atoms with Gasteiger partial charge in [0.1, 0.15) is 16.3 Å². The summed E-state index contributed by atoms with van der Waals surface area (Å²) in [6.45, 7) is 0.0104. The Morgan fingerprint density at radius 2 is 2.15 bits per heavy atom. The molecule has 1 N–H and O–H groups in total. The van der Waals surface area contributed by atoms with Crippen LogP contribution in [0.4, 0.5) is 0 Å². The molecule has 0 aliphatic rings. The van der Waals surface area contributed by atoms with E-state index in [1.54, 1.807) is 36.5 Å². The maximum atomic E-state index is 13.2. The number of hydrogen-bond acceptors (Lipinski definition) is 6. The molecule has 0 unspecified atom stereocenters. The lowest BCUT2D eigenvalue weighted by Crippen LogP contribution is -2.24. The summed E-state index contributed by atoms with van der Waals surface area (Å²) in [6.07, 6.45) is 2.96. The zero-order chi connectivity index (χ0) is 18.1. The molecule has 0 aromatic carbocycles. The molecule has 26 heavy (non-hydrogen) atoms. The van der Waals surface area contributed by atoms with Gasteiger partial charge in [-0.2, -0.15) is 0 Å². The number of pyridine rings is 1. The zero-order valence-electron chi connectivity index (χ0n) is 13.5. The molecule has 8 heteroatoms. The van der Waals surface area contributed by atoms with E-state index in [-0.39, 0.29) is 18.5 Å². The number of fused-ring (bicyclic) bond motifs is 1. The highest BCUT2D eigenvalue weighted by Gasteiger charge is 2.20. The van der Waals surface area contributed by atoms with Gasteiger partial charge in [0.05, 0.1) is 18.1 Å². The molecule has 7 nitrogen and oxygen atoms in total. The van der Waals surface area contributed by atoms with Crippen LogP contribution in [0.5, 0.6) is 0 Å². The highest BCUT2D eigenvalue weighted by molar-refractivity contribution is 7.17. The van der Waals surface area contributed by atoms with Crippen molar-refractivity contribution in [1.82, 2.24) is 14.5 Å². The number of carboxylic acid groups (broad SMARTS) is 1. The Hall–Kier alpha value is -3.26. The first-order valence-corrected chi connectivity index (χ1v) is 8.72. The summed E-state index contributed by atoms with van der Waals surface area (Å²) in [5, 5.41) is 11.3. The Balaban J connectivity index is 1.98. The molecule has 0 amide bonds. The van der Waals surface area contributed by atoms with Crippen molar-refractivity contribution in [3.63, 3.8) is 0 Å². The molecular weight excluding hydrogens is 354 g/mol. The van der Waals surface area contributed by atoms with Gasteiger partial charge in [-0.1, -0.05) is 6.07 Å². The summed E-state index contributed by atoms with van der Waals surface area (Å²) in [5.41, 5.74) is 0.874. The molecule has 4 rings (SSSR count). The number of furan rings is 1. The fraction of sp³-hybridized carbons (Fsp3) is 0.111. The van der Waals surface area contributed by atoms with Crippen LogP contribution in [0.2, 0.25) is 0 Å². The van der Waals surface area contributed by atoms with Crippen LogP contribution in [-0.2, 0) is 11.3 Å². The molecule has 0 aliphatic carbocycles. The van der Waals surface area contributed by atoms with Crippen LogP contribution < -0.4 is 5.56 Å². The summed E-state index contributed by atoms with van der Waals surface area (Å²) in [7, 11) is 0. The van der Waals surface area contributed by atoms with Gasteiger partial charge in [0.25, 0.3) is 5.56 Å². The highest BCUT2D eigenvalue weighted by atomic mass is 32.1. The second-order valence-electron chi connectivity index (χ2n) is 5.56. The quantitative estimate of drug-likeness (QED) is 0.581. The smallest absolute Gasteiger partial charge is 0.305 e. The van der Waals surface area contributed by atoms with Crippen molar-refractivity contribution in [1.29, 1.82) is 0 Å². The third-order valence-corrected chi connectivity index (χ3v) is 4.80. The topological polar surface area (TPSA) is 98.2 Å². The van der Waals surface area contributed by atoms with E-state index < -0.39 is 5.97 Å². The van der Waals surface area contributed by atoms with Crippen LogP contribution in [0.25, 0.3) is 33.1 Å². The average molecular weight is 367 g/mol. The average Bonchev–Trinajstić information content (AvgIpc) is 3.30. The van der Waals surface area contributed by atoms with Crippen LogP contribution >= 0.6 is 11.3 Å². The first-order valence-electron chi connectivity index (χ1n) is 7.84. The third kappa shape index (κ3) is 2.80. The van der Waals surface area contributed by atoms with E-state index in [0.717, 1.165) is 0 Å². The fourth-order valence-electron chi connectivity index (χ4n) is 2.74. The summed E-state index contributed by atoms with van der Waals surface area (Å²) >= 11 is 1.34. The van der Waals surface area contributed by atoms with E-state index >= 15 is 0 Å².